The van der Waals surface area contributed by atoms with Crippen molar-refractivity contribution in [2.24, 2.45) is 0 Å². The summed E-state index contributed by atoms with van der Waals surface area (Å²) < 4.78 is 18.5. The van der Waals surface area contributed by atoms with Gasteiger partial charge in [0.2, 0.25) is 0 Å². The van der Waals surface area contributed by atoms with Gasteiger partial charge in [-0.15, -0.1) is 0 Å². The van der Waals surface area contributed by atoms with Gasteiger partial charge in [0.05, 0.1) is 24.9 Å². The summed E-state index contributed by atoms with van der Waals surface area (Å²) in [6.45, 7) is 8.31. The van der Waals surface area contributed by atoms with Crippen molar-refractivity contribution in [3.05, 3.63) is 52.4 Å². The normalized spacial score (nSPS) is 18.4. The zero-order chi connectivity index (χ0) is 18.2. The van der Waals surface area contributed by atoms with Crippen LogP contribution in [0.2, 0.25) is 0 Å². The van der Waals surface area contributed by atoms with E-state index in [9.17, 15) is 4.79 Å². The summed E-state index contributed by atoms with van der Waals surface area (Å²) in [5, 5.41) is 4.27. The molecule has 0 radical (unpaired) electrons. The van der Waals surface area contributed by atoms with E-state index in [-0.39, 0.29) is 5.56 Å². The van der Waals surface area contributed by atoms with E-state index in [1.165, 1.54) is 10.7 Å². The minimum absolute atomic E-state index is 0.192. The Balaban J connectivity index is 1.78. The molecule has 0 aliphatic carbocycles. The molecule has 0 N–H and O–H groups in total. The number of methoxy groups -OCH3 is 1. The summed E-state index contributed by atoms with van der Waals surface area (Å²) in [5.74, 6) is 0.778. The molecular formula is C18H23BN2O4. The van der Waals surface area contributed by atoms with Gasteiger partial charge in [0.25, 0.3) is 5.56 Å². The van der Waals surface area contributed by atoms with E-state index in [1.807, 2.05) is 52.0 Å². The van der Waals surface area contributed by atoms with Gasteiger partial charge in [-0.25, -0.2) is 4.68 Å². The number of hydrogen-bond donors (Lipinski definition) is 0. The Morgan fingerprint density at radius 3 is 2.24 bits per heavy atom. The summed E-state index contributed by atoms with van der Waals surface area (Å²) in [6.07, 6.45) is 1.63. The van der Waals surface area contributed by atoms with Crippen molar-refractivity contribution >= 4 is 12.6 Å². The molecule has 1 aromatic heterocycles. The SMILES string of the molecule is COc1ccc(Cn2ncc(B3OC(C)(C)C(C)(C)O3)cc2=O)cc1. The van der Waals surface area contributed by atoms with Gasteiger partial charge in [0.15, 0.2) is 0 Å². The van der Waals surface area contributed by atoms with Crippen LogP contribution in [0.5, 0.6) is 5.75 Å². The Morgan fingerprint density at radius 1 is 1.12 bits per heavy atom. The Morgan fingerprint density at radius 2 is 1.72 bits per heavy atom. The quantitative estimate of drug-likeness (QED) is 0.790. The molecule has 25 heavy (non-hydrogen) atoms. The van der Waals surface area contributed by atoms with Gasteiger partial charge in [-0.2, -0.15) is 5.10 Å². The Hall–Kier alpha value is -2.12. The van der Waals surface area contributed by atoms with Crippen LogP contribution in [0.4, 0.5) is 0 Å². The zero-order valence-electron chi connectivity index (χ0n) is 15.3. The lowest BCUT2D eigenvalue weighted by molar-refractivity contribution is 0.00578. The largest absolute Gasteiger partial charge is 0.497 e. The van der Waals surface area contributed by atoms with E-state index < -0.39 is 18.3 Å². The molecule has 0 saturated carbocycles. The molecule has 1 aliphatic rings. The molecule has 1 saturated heterocycles. The van der Waals surface area contributed by atoms with E-state index in [0.29, 0.717) is 12.0 Å². The summed E-state index contributed by atoms with van der Waals surface area (Å²) >= 11 is 0. The predicted molar refractivity (Wildman–Crippen MR) is 96.3 cm³/mol. The van der Waals surface area contributed by atoms with Crippen LogP contribution in [0, 0.1) is 0 Å². The molecular weight excluding hydrogens is 319 g/mol. The van der Waals surface area contributed by atoms with Crippen LogP contribution in [0.15, 0.2) is 41.3 Å². The molecule has 2 aromatic rings. The molecule has 1 fully saturated rings. The van der Waals surface area contributed by atoms with Crippen LogP contribution in [-0.4, -0.2) is 35.2 Å². The highest BCUT2D eigenvalue weighted by Crippen LogP contribution is 2.36. The first-order chi connectivity index (χ1) is 11.7. The molecule has 2 heterocycles. The Kier molecular flexibility index (Phi) is 4.47. The minimum Gasteiger partial charge on any atom is -0.497 e. The summed E-state index contributed by atoms with van der Waals surface area (Å²) in [4.78, 5) is 12.4. The van der Waals surface area contributed by atoms with E-state index >= 15 is 0 Å². The summed E-state index contributed by atoms with van der Waals surface area (Å²) in [6, 6.07) is 9.07. The topological polar surface area (TPSA) is 62.6 Å². The highest BCUT2D eigenvalue weighted by molar-refractivity contribution is 6.62. The second kappa shape index (κ2) is 6.31. The highest BCUT2D eigenvalue weighted by Gasteiger charge is 2.51. The van der Waals surface area contributed by atoms with Crippen molar-refractivity contribution in [1.82, 2.24) is 9.78 Å². The Bertz CT molecular complexity index is 799. The first-order valence-corrected chi connectivity index (χ1v) is 8.27. The molecule has 1 aromatic carbocycles. The molecule has 7 heteroatoms. The second-order valence-corrected chi connectivity index (χ2v) is 7.22. The maximum Gasteiger partial charge on any atom is 0.496 e. The number of ether oxygens (including phenoxy) is 1. The lowest BCUT2D eigenvalue weighted by Gasteiger charge is -2.32. The average molecular weight is 342 g/mol. The summed E-state index contributed by atoms with van der Waals surface area (Å²) in [7, 11) is 1.04. The van der Waals surface area contributed by atoms with Crippen LogP contribution in [0.25, 0.3) is 0 Å². The minimum atomic E-state index is -0.583. The van der Waals surface area contributed by atoms with Crippen LogP contribution in [0.1, 0.15) is 33.3 Å². The van der Waals surface area contributed by atoms with Crippen molar-refractivity contribution in [3.8, 4) is 5.75 Å². The first-order valence-electron chi connectivity index (χ1n) is 8.27. The van der Waals surface area contributed by atoms with Crippen LogP contribution in [0.3, 0.4) is 0 Å². The van der Waals surface area contributed by atoms with Gasteiger partial charge in [0.1, 0.15) is 5.75 Å². The fraction of sp³-hybridized carbons (Fsp3) is 0.444. The molecule has 0 bridgehead atoms. The standard InChI is InChI=1S/C18H23BN2O4/c1-17(2)18(3,4)25-19(24-17)14-10-16(22)21(20-11-14)12-13-6-8-15(23-5)9-7-13/h6-11H,12H2,1-5H3. The van der Waals surface area contributed by atoms with E-state index in [4.69, 9.17) is 14.0 Å². The smallest absolute Gasteiger partial charge is 0.496 e. The van der Waals surface area contributed by atoms with Gasteiger partial charge in [-0.05, 0) is 45.4 Å². The number of benzene rings is 1. The van der Waals surface area contributed by atoms with Gasteiger partial charge < -0.3 is 14.0 Å². The van der Waals surface area contributed by atoms with Crippen LogP contribution >= 0.6 is 0 Å². The highest BCUT2D eigenvalue weighted by atomic mass is 16.7. The van der Waals surface area contributed by atoms with E-state index in [2.05, 4.69) is 5.10 Å². The maximum atomic E-state index is 12.4. The first kappa shape index (κ1) is 17.7. The third-order valence-electron chi connectivity index (χ3n) is 4.91. The maximum absolute atomic E-state index is 12.4. The third-order valence-corrected chi connectivity index (χ3v) is 4.91. The molecule has 6 nitrogen and oxygen atoms in total. The van der Waals surface area contributed by atoms with Gasteiger partial charge in [-0.3, -0.25) is 4.79 Å². The number of hydrogen-bond acceptors (Lipinski definition) is 5. The fourth-order valence-corrected chi connectivity index (χ4v) is 2.58. The van der Waals surface area contributed by atoms with Crippen molar-refractivity contribution in [2.45, 2.75) is 45.4 Å². The van der Waals surface area contributed by atoms with Crippen molar-refractivity contribution in [3.63, 3.8) is 0 Å². The zero-order valence-corrected chi connectivity index (χ0v) is 15.3. The molecule has 0 unspecified atom stereocenters. The molecule has 3 rings (SSSR count). The average Bonchev–Trinajstić information content (AvgIpc) is 2.78. The van der Waals surface area contributed by atoms with Crippen LogP contribution in [-0.2, 0) is 15.9 Å². The van der Waals surface area contributed by atoms with Gasteiger partial charge in [0, 0.05) is 17.7 Å². The van der Waals surface area contributed by atoms with Gasteiger partial charge >= 0.3 is 7.12 Å². The molecule has 0 atom stereocenters. The van der Waals surface area contributed by atoms with E-state index in [0.717, 1.165) is 11.3 Å². The van der Waals surface area contributed by atoms with Crippen molar-refractivity contribution < 1.29 is 14.0 Å². The van der Waals surface area contributed by atoms with Crippen molar-refractivity contribution in [1.29, 1.82) is 0 Å². The lowest BCUT2D eigenvalue weighted by atomic mass is 9.81. The number of aromatic nitrogens is 2. The number of nitrogens with zero attached hydrogens (tertiary/aromatic N) is 2. The van der Waals surface area contributed by atoms with Gasteiger partial charge in [-0.1, -0.05) is 12.1 Å². The molecule has 0 spiro atoms. The van der Waals surface area contributed by atoms with E-state index in [1.54, 1.807) is 13.3 Å². The molecule has 1 aliphatic heterocycles. The lowest BCUT2D eigenvalue weighted by Crippen LogP contribution is -2.41. The monoisotopic (exact) mass is 342 g/mol. The molecule has 132 valence electrons. The number of rotatable bonds is 4. The third kappa shape index (κ3) is 3.48. The Labute approximate surface area is 147 Å². The molecule has 0 amide bonds. The fourth-order valence-electron chi connectivity index (χ4n) is 2.58. The van der Waals surface area contributed by atoms with Crippen LogP contribution < -0.4 is 15.8 Å². The predicted octanol–water partition coefficient (Wildman–Crippen LogP) is 1.60. The van der Waals surface area contributed by atoms with Crippen molar-refractivity contribution in [2.75, 3.05) is 7.11 Å². The second-order valence-electron chi connectivity index (χ2n) is 7.22. The summed E-state index contributed by atoms with van der Waals surface area (Å²) in [5.41, 5.74) is 0.516.